The number of hydrogen-bond acceptors (Lipinski definition) is 4. The van der Waals surface area contributed by atoms with Gasteiger partial charge in [0.1, 0.15) is 6.54 Å². The quantitative estimate of drug-likeness (QED) is 0.524. The molecule has 0 radical (unpaired) electrons. The summed E-state index contributed by atoms with van der Waals surface area (Å²) >= 11 is 0. The molecule has 0 bridgehead atoms. The summed E-state index contributed by atoms with van der Waals surface area (Å²) in [7, 11) is 0. The molecule has 0 aromatic heterocycles. The number of imide groups is 1. The molecule has 3 aliphatic heterocycles. The van der Waals surface area contributed by atoms with Gasteiger partial charge in [-0.2, -0.15) is 0 Å². The Morgan fingerprint density at radius 1 is 1.07 bits per heavy atom. The van der Waals surface area contributed by atoms with E-state index in [9.17, 15) is 19.2 Å². The van der Waals surface area contributed by atoms with Crippen LogP contribution in [0.4, 0.5) is 4.79 Å². The number of β-lactam (4-membered cyclic amide) rings is 1. The van der Waals surface area contributed by atoms with E-state index in [2.05, 4.69) is 5.32 Å². The fraction of sp³-hybridized carbons (Fsp3) is 0.789. The van der Waals surface area contributed by atoms with Gasteiger partial charge in [0.05, 0.1) is 5.92 Å². The number of amides is 5. The number of rotatable bonds is 7. The summed E-state index contributed by atoms with van der Waals surface area (Å²) in [6.07, 6.45) is 2.82. The minimum absolute atomic E-state index is 0.0525. The molecule has 3 saturated heterocycles. The summed E-state index contributed by atoms with van der Waals surface area (Å²) in [5.74, 6) is 0.349. The van der Waals surface area contributed by atoms with Gasteiger partial charge in [-0.3, -0.25) is 19.7 Å². The first-order valence-electron chi connectivity index (χ1n) is 9.98. The number of hydrogen-bond donors (Lipinski definition) is 1. The largest absolute Gasteiger partial charge is 0.342 e. The smallest absolute Gasteiger partial charge is 0.324 e. The maximum atomic E-state index is 12.6. The van der Waals surface area contributed by atoms with Crippen molar-refractivity contribution in [1.29, 1.82) is 0 Å². The zero-order valence-electron chi connectivity index (χ0n) is 16.4. The maximum Gasteiger partial charge on any atom is 0.324 e. The van der Waals surface area contributed by atoms with Gasteiger partial charge in [0.2, 0.25) is 17.7 Å². The molecular weight excluding hydrogens is 348 g/mol. The van der Waals surface area contributed by atoms with Crippen LogP contribution in [0, 0.1) is 11.8 Å². The molecule has 8 nitrogen and oxygen atoms in total. The molecule has 3 aliphatic rings. The Balaban J connectivity index is 1.46. The minimum Gasteiger partial charge on any atom is -0.342 e. The van der Waals surface area contributed by atoms with E-state index in [4.69, 9.17) is 0 Å². The summed E-state index contributed by atoms with van der Waals surface area (Å²) in [4.78, 5) is 53.1. The van der Waals surface area contributed by atoms with E-state index in [1.54, 1.807) is 4.90 Å². The van der Waals surface area contributed by atoms with Gasteiger partial charge in [-0.25, -0.2) is 4.79 Å². The molecule has 27 heavy (non-hydrogen) atoms. The summed E-state index contributed by atoms with van der Waals surface area (Å²) in [5.41, 5.74) is 0. The first kappa shape index (κ1) is 19.6. The Labute approximate surface area is 160 Å². The molecule has 4 unspecified atom stereocenters. The lowest BCUT2D eigenvalue weighted by atomic mass is 9.87. The third kappa shape index (κ3) is 4.09. The molecular formula is C19H30N4O4. The Morgan fingerprint density at radius 3 is 2.33 bits per heavy atom. The van der Waals surface area contributed by atoms with Crippen molar-refractivity contribution < 1.29 is 19.2 Å². The highest BCUT2D eigenvalue weighted by molar-refractivity contribution is 6.02. The van der Waals surface area contributed by atoms with Crippen LogP contribution in [0.2, 0.25) is 0 Å². The molecule has 0 saturated carbocycles. The van der Waals surface area contributed by atoms with Crippen LogP contribution in [-0.2, 0) is 14.4 Å². The zero-order valence-corrected chi connectivity index (χ0v) is 16.4. The fourth-order valence-electron chi connectivity index (χ4n) is 4.58. The fourth-order valence-corrected chi connectivity index (χ4v) is 4.58. The Hall–Kier alpha value is -2.12. The minimum atomic E-state index is -0.337. The van der Waals surface area contributed by atoms with E-state index in [1.165, 1.54) is 0 Å². The van der Waals surface area contributed by atoms with Crippen LogP contribution >= 0.6 is 0 Å². The molecule has 5 amide bonds. The number of nitrogens with zero attached hydrogens (tertiary/aromatic N) is 3. The SMILES string of the molecule is CCN1CC(CC(C)N2CCC(CC(C)N3CC(=O)NC3=O)CC2=O)C1=O. The predicted molar refractivity (Wildman–Crippen MR) is 98.6 cm³/mol. The van der Waals surface area contributed by atoms with E-state index >= 15 is 0 Å². The molecule has 0 spiro atoms. The molecule has 0 aromatic rings. The third-order valence-electron chi connectivity index (χ3n) is 6.23. The molecule has 150 valence electrons. The standard InChI is InChI=1S/C19H30N4O4/c1-4-21-10-15(18(21)26)8-13(3)22-6-5-14(9-17(22)25)7-12(2)23-11-16(24)20-19(23)27/h12-15H,4-11H2,1-3H3,(H,20,24,27). The normalized spacial score (nSPS) is 28.3. The van der Waals surface area contributed by atoms with E-state index < -0.39 is 0 Å². The van der Waals surface area contributed by atoms with Gasteiger partial charge in [0.15, 0.2) is 0 Å². The van der Waals surface area contributed by atoms with Crippen LogP contribution in [0.1, 0.15) is 46.5 Å². The first-order chi connectivity index (χ1) is 12.8. The second kappa shape index (κ2) is 7.86. The van der Waals surface area contributed by atoms with Crippen molar-refractivity contribution in [2.75, 3.05) is 26.2 Å². The monoisotopic (exact) mass is 378 g/mol. The van der Waals surface area contributed by atoms with Crippen LogP contribution in [0.25, 0.3) is 0 Å². The van der Waals surface area contributed by atoms with Gasteiger partial charge in [0, 0.05) is 38.1 Å². The van der Waals surface area contributed by atoms with Crippen LogP contribution in [-0.4, -0.2) is 76.7 Å². The Kier molecular flexibility index (Phi) is 5.72. The molecule has 3 heterocycles. The van der Waals surface area contributed by atoms with Gasteiger partial charge in [-0.15, -0.1) is 0 Å². The lowest BCUT2D eigenvalue weighted by Gasteiger charge is -2.42. The third-order valence-corrected chi connectivity index (χ3v) is 6.23. The van der Waals surface area contributed by atoms with Crippen molar-refractivity contribution in [1.82, 2.24) is 20.0 Å². The van der Waals surface area contributed by atoms with Gasteiger partial charge in [-0.05, 0) is 46.0 Å². The van der Waals surface area contributed by atoms with Crippen molar-refractivity contribution in [2.45, 2.75) is 58.5 Å². The van der Waals surface area contributed by atoms with Gasteiger partial charge >= 0.3 is 6.03 Å². The lowest BCUT2D eigenvalue weighted by molar-refractivity contribution is -0.150. The van der Waals surface area contributed by atoms with Gasteiger partial charge in [-0.1, -0.05) is 0 Å². The molecule has 4 atom stereocenters. The highest BCUT2D eigenvalue weighted by atomic mass is 16.2. The van der Waals surface area contributed by atoms with Crippen molar-refractivity contribution in [2.24, 2.45) is 11.8 Å². The summed E-state index contributed by atoms with van der Waals surface area (Å²) in [5, 5.41) is 2.30. The van der Waals surface area contributed by atoms with Gasteiger partial charge in [0.25, 0.3) is 0 Å². The maximum absolute atomic E-state index is 12.6. The number of nitrogens with one attached hydrogen (secondary N) is 1. The second-order valence-electron chi connectivity index (χ2n) is 8.17. The van der Waals surface area contributed by atoms with E-state index in [1.807, 2.05) is 30.6 Å². The average molecular weight is 378 g/mol. The second-order valence-corrected chi connectivity index (χ2v) is 8.17. The topological polar surface area (TPSA) is 90.0 Å². The Morgan fingerprint density at radius 2 is 1.78 bits per heavy atom. The lowest BCUT2D eigenvalue weighted by Crippen LogP contribution is -2.55. The Bertz CT molecular complexity index is 637. The first-order valence-corrected chi connectivity index (χ1v) is 9.98. The number of piperidine rings is 1. The number of urea groups is 1. The number of carbonyl (C=O) groups is 4. The molecule has 1 N–H and O–H groups in total. The zero-order chi connectivity index (χ0) is 19.7. The van der Waals surface area contributed by atoms with Crippen molar-refractivity contribution in [3.05, 3.63) is 0 Å². The molecule has 0 aliphatic carbocycles. The van der Waals surface area contributed by atoms with Crippen molar-refractivity contribution in [3.8, 4) is 0 Å². The molecule has 3 fully saturated rings. The van der Waals surface area contributed by atoms with Crippen molar-refractivity contribution in [3.63, 3.8) is 0 Å². The van der Waals surface area contributed by atoms with Crippen LogP contribution in [0.15, 0.2) is 0 Å². The van der Waals surface area contributed by atoms with Crippen LogP contribution in [0.5, 0.6) is 0 Å². The molecule has 0 aromatic carbocycles. The van der Waals surface area contributed by atoms with Gasteiger partial charge < -0.3 is 14.7 Å². The predicted octanol–water partition coefficient (Wildman–Crippen LogP) is 0.812. The summed E-state index contributed by atoms with van der Waals surface area (Å²) in [6, 6.07) is -0.326. The molecule has 8 heteroatoms. The summed E-state index contributed by atoms with van der Waals surface area (Å²) < 4.78 is 0. The van der Waals surface area contributed by atoms with Crippen molar-refractivity contribution >= 4 is 23.8 Å². The van der Waals surface area contributed by atoms with E-state index in [-0.39, 0.29) is 54.2 Å². The van der Waals surface area contributed by atoms with Crippen LogP contribution < -0.4 is 5.32 Å². The van der Waals surface area contributed by atoms with E-state index in [0.29, 0.717) is 13.0 Å². The summed E-state index contributed by atoms with van der Waals surface area (Å²) in [6.45, 7) is 8.30. The van der Waals surface area contributed by atoms with E-state index in [0.717, 1.165) is 32.4 Å². The highest BCUT2D eigenvalue weighted by Crippen LogP contribution is 2.29. The highest BCUT2D eigenvalue weighted by Gasteiger charge is 2.39. The number of carbonyl (C=O) groups excluding carboxylic acids is 4. The average Bonchev–Trinajstić information content (AvgIpc) is 2.96. The van der Waals surface area contributed by atoms with Crippen LogP contribution in [0.3, 0.4) is 0 Å². The number of likely N-dealkylation sites (tertiary alicyclic amines) is 2. The molecule has 3 rings (SSSR count).